The molecule has 0 amide bonds. The third-order valence-electron chi connectivity index (χ3n) is 2.70. The molecule has 2 aromatic rings. The van der Waals surface area contributed by atoms with Gasteiger partial charge in [0.15, 0.2) is 0 Å². The number of carbonyl (C=O) groups is 1. The molecule has 112 valence electrons. The number of aliphatic hydroxyl groups is 1. The number of carboxylic acids is 1. The molecule has 0 bridgehead atoms. The standard InChI is InChI=1S/C13H13NO5S2/c15-8-10-3-1-2-9(6-10)7-14-21(18,19)12-5-4-11(20-12)13(16)17/h1-6,14-15H,7-8H2,(H,16,17). The Bertz CT molecular complexity index is 751. The quantitative estimate of drug-likeness (QED) is 0.744. The molecule has 0 aliphatic rings. The van der Waals surface area contributed by atoms with Gasteiger partial charge in [0, 0.05) is 6.54 Å². The highest BCUT2D eigenvalue weighted by atomic mass is 32.2. The summed E-state index contributed by atoms with van der Waals surface area (Å²) in [5, 5.41) is 17.8. The Kier molecular flexibility index (Phi) is 4.73. The van der Waals surface area contributed by atoms with Gasteiger partial charge in [-0.2, -0.15) is 0 Å². The Labute approximate surface area is 125 Å². The van der Waals surface area contributed by atoms with E-state index in [1.54, 1.807) is 24.3 Å². The van der Waals surface area contributed by atoms with Gasteiger partial charge >= 0.3 is 5.97 Å². The number of carboxylic acid groups (broad SMARTS) is 1. The molecule has 0 unspecified atom stereocenters. The fourth-order valence-corrected chi connectivity index (χ4v) is 3.87. The minimum Gasteiger partial charge on any atom is -0.477 e. The van der Waals surface area contributed by atoms with E-state index in [0.717, 1.165) is 0 Å². The van der Waals surface area contributed by atoms with Gasteiger partial charge in [-0.1, -0.05) is 24.3 Å². The molecule has 0 atom stereocenters. The number of hydrogen-bond donors (Lipinski definition) is 3. The van der Waals surface area contributed by atoms with Crippen LogP contribution in [0.2, 0.25) is 0 Å². The summed E-state index contributed by atoms with van der Waals surface area (Å²) in [5.74, 6) is -1.16. The van der Waals surface area contributed by atoms with Crippen molar-refractivity contribution in [3.8, 4) is 0 Å². The number of thiophene rings is 1. The Morgan fingerprint density at radius 3 is 2.52 bits per heavy atom. The maximum absolute atomic E-state index is 12.1. The van der Waals surface area contributed by atoms with Gasteiger partial charge in [0.2, 0.25) is 10.0 Å². The molecule has 6 nitrogen and oxygen atoms in total. The summed E-state index contributed by atoms with van der Waals surface area (Å²) in [6.07, 6.45) is 0. The minimum absolute atomic E-state index is 0.0300. The maximum atomic E-state index is 12.1. The summed E-state index contributed by atoms with van der Waals surface area (Å²) in [6.45, 7) is -0.0516. The van der Waals surface area contributed by atoms with Crippen molar-refractivity contribution in [1.82, 2.24) is 4.72 Å². The van der Waals surface area contributed by atoms with Crippen molar-refractivity contribution in [2.45, 2.75) is 17.4 Å². The Balaban J connectivity index is 2.11. The van der Waals surface area contributed by atoms with E-state index < -0.39 is 16.0 Å². The average Bonchev–Trinajstić information content (AvgIpc) is 2.96. The fraction of sp³-hybridized carbons (Fsp3) is 0.154. The van der Waals surface area contributed by atoms with Crippen LogP contribution in [0.5, 0.6) is 0 Å². The van der Waals surface area contributed by atoms with Crippen molar-refractivity contribution < 1.29 is 23.4 Å². The molecule has 2 rings (SSSR count). The van der Waals surface area contributed by atoms with E-state index in [4.69, 9.17) is 10.2 Å². The van der Waals surface area contributed by atoms with Crippen LogP contribution in [0, 0.1) is 0 Å². The van der Waals surface area contributed by atoms with Crippen LogP contribution >= 0.6 is 11.3 Å². The second-order valence-electron chi connectivity index (χ2n) is 4.23. The van der Waals surface area contributed by atoms with Gasteiger partial charge in [-0.15, -0.1) is 11.3 Å². The smallest absolute Gasteiger partial charge is 0.345 e. The monoisotopic (exact) mass is 327 g/mol. The predicted octanol–water partition coefficient (Wildman–Crippen LogP) is 1.42. The summed E-state index contributed by atoms with van der Waals surface area (Å²) in [5.41, 5.74) is 1.40. The lowest BCUT2D eigenvalue weighted by Crippen LogP contribution is -2.22. The van der Waals surface area contributed by atoms with Crippen LogP contribution in [-0.2, 0) is 23.2 Å². The molecule has 0 saturated carbocycles. The van der Waals surface area contributed by atoms with Crippen molar-refractivity contribution in [1.29, 1.82) is 0 Å². The van der Waals surface area contributed by atoms with Gasteiger partial charge in [-0.05, 0) is 23.3 Å². The normalized spacial score (nSPS) is 11.5. The molecule has 0 radical (unpaired) electrons. The second kappa shape index (κ2) is 6.35. The fourth-order valence-electron chi connectivity index (χ4n) is 1.67. The number of aromatic carboxylic acids is 1. The van der Waals surface area contributed by atoms with Crippen LogP contribution in [0.4, 0.5) is 0 Å². The lowest BCUT2D eigenvalue weighted by Gasteiger charge is -2.06. The molecular formula is C13H13NO5S2. The molecule has 1 heterocycles. The van der Waals surface area contributed by atoms with Gasteiger partial charge in [0.05, 0.1) is 6.61 Å². The molecule has 8 heteroatoms. The number of aliphatic hydroxyl groups excluding tert-OH is 1. The second-order valence-corrected chi connectivity index (χ2v) is 7.30. The molecule has 21 heavy (non-hydrogen) atoms. The third-order valence-corrected chi connectivity index (χ3v) is 5.66. The number of nitrogens with one attached hydrogen (secondary N) is 1. The van der Waals surface area contributed by atoms with Crippen molar-refractivity contribution in [2.24, 2.45) is 0 Å². The van der Waals surface area contributed by atoms with E-state index in [1.807, 2.05) is 0 Å². The zero-order chi connectivity index (χ0) is 15.5. The van der Waals surface area contributed by atoms with Gasteiger partial charge in [0.25, 0.3) is 0 Å². The Morgan fingerprint density at radius 2 is 1.90 bits per heavy atom. The molecule has 3 N–H and O–H groups in total. The Morgan fingerprint density at radius 1 is 1.19 bits per heavy atom. The van der Waals surface area contributed by atoms with Crippen LogP contribution in [0.25, 0.3) is 0 Å². The number of rotatable bonds is 6. The molecule has 1 aromatic carbocycles. The Hall–Kier alpha value is -1.74. The predicted molar refractivity (Wildman–Crippen MR) is 77.7 cm³/mol. The zero-order valence-corrected chi connectivity index (χ0v) is 12.4. The molecule has 0 aliphatic carbocycles. The van der Waals surface area contributed by atoms with Gasteiger partial charge < -0.3 is 10.2 Å². The first kappa shape index (κ1) is 15.6. The summed E-state index contributed by atoms with van der Waals surface area (Å²) < 4.78 is 26.5. The van der Waals surface area contributed by atoms with Crippen molar-refractivity contribution in [2.75, 3.05) is 0 Å². The van der Waals surface area contributed by atoms with Crippen molar-refractivity contribution >= 4 is 27.3 Å². The van der Waals surface area contributed by atoms with Crippen LogP contribution in [0.15, 0.2) is 40.6 Å². The number of sulfonamides is 1. The highest BCUT2D eigenvalue weighted by Crippen LogP contribution is 2.21. The summed E-state index contributed by atoms with van der Waals surface area (Å²) in [7, 11) is -3.75. The van der Waals surface area contributed by atoms with Crippen LogP contribution in [0.1, 0.15) is 20.8 Å². The molecule has 0 spiro atoms. The lowest BCUT2D eigenvalue weighted by molar-refractivity contribution is 0.0702. The minimum atomic E-state index is -3.75. The van der Waals surface area contributed by atoms with E-state index in [0.29, 0.717) is 22.5 Å². The summed E-state index contributed by atoms with van der Waals surface area (Å²) in [6, 6.07) is 9.41. The van der Waals surface area contributed by atoms with Gasteiger partial charge in [-0.25, -0.2) is 17.9 Å². The van der Waals surface area contributed by atoms with Crippen molar-refractivity contribution in [3.05, 3.63) is 52.4 Å². The zero-order valence-electron chi connectivity index (χ0n) is 10.8. The van der Waals surface area contributed by atoms with Crippen molar-refractivity contribution in [3.63, 3.8) is 0 Å². The van der Waals surface area contributed by atoms with E-state index in [9.17, 15) is 13.2 Å². The first-order valence-electron chi connectivity index (χ1n) is 5.94. The van der Waals surface area contributed by atoms with E-state index in [1.165, 1.54) is 12.1 Å². The number of benzene rings is 1. The maximum Gasteiger partial charge on any atom is 0.345 e. The van der Waals surface area contributed by atoms with E-state index >= 15 is 0 Å². The number of hydrogen-bond acceptors (Lipinski definition) is 5. The molecule has 0 saturated heterocycles. The molecule has 0 aliphatic heterocycles. The highest BCUT2D eigenvalue weighted by molar-refractivity contribution is 7.91. The highest BCUT2D eigenvalue weighted by Gasteiger charge is 2.18. The van der Waals surface area contributed by atoms with Crippen LogP contribution < -0.4 is 4.72 Å². The first-order valence-corrected chi connectivity index (χ1v) is 8.24. The van der Waals surface area contributed by atoms with Gasteiger partial charge in [-0.3, -0.25) is 0 Å². The SMILES string of the molecule is O=C(O)c1ccc(S(=O)(=O)NCc2cccc(CO)c2)s1. The first-order chi connectivity index (χ1) is 9.92. The third kappa shape index (κ3) is 3.88. The topological polar surface area (TPSA) is 104 Å². The van der Waals surface area contributed by atoms with Crippen LogP contribution in [-0.4, -0.2) is 24.6 Å². The summed E-state index contributed by atoms with van der Waals surface area (Å²) >= 11 is 0.701. The summed E-state index contributed by atoms with van der Waals surface area (Å²) in [4.78, 5) is 10.7. The molecule has 0 fully saturated rings. The van der Waals surface area contributed by atoms with Gasteiger partial charge in [0.1, 0.15) is 9.09 Å². The molecule has 1 aromatic heterocycles. The van der Waals surface area contributed by atoms with Crippen LogP contribution in [0.3, 0.4) is 0 Å². The largest absolute Gasteiger partial charge is 0.477 e. The lowest BCUT2D eigenvalue weighted by atomic mass is 10.1. The van der Waals surface area contributed by atoms with E-state index in [2.05, 4.69) is 4.72 Å². The average molecular weight is 327 g/mol. The van der Waals surface area contributed by atoms with E-state index in [-0.39, 0.29) is 22.2 Å². The molecular weight excluding hydrogens is 314 g/mol.